The summed E-state index contributed by atoms with van der Waals surface area (Å²) in [5.41, 5.74) is 0.928. The van der Waals surface area contributed by atoms with Gasteiger partial charge in [-0.1, -0.05) is 0 Å². The lowest BCUT2D eigenvalue weighted by atomic mass is 10.2. The molecule has 0 amide bonds. The minimum atomic E-state index is -4.13. The van der Waals surface area contributed by atoms with E-state index in [-0.39, 0.29) is 5.69 Å². The van der Waals surface area contributed by atoms with Gasteiger partial charge in [0.25, 0.3) is 10.0 Å². The molecule has 2 rings (SSSR count). The second-order valence-electron chi connectivity index (χ2n) is 4.51. The lowest BCUT2D eigenvalue weighted by molar-refractivity contribution is 0.562. The van der Waals surface area contributed by atoms with Gasteiger partial charge < -0.3 is 4.90 Å². The Balaban J connectivity index is 2.54. The maximum absolute atomic E-state index is 14.4. The van der Waals surface area contributed by atoms with Gasteiger partial charge >= 0.3 is 0 Å². The van der Waals surface area contributed by atoms with Crippen LogP contribution < -0.4 is 9.62 Å². The van der Waals surface area contributed by atoms with Crippen LogP contribution in [0.5, 0.6) is 0 Å². The highest BCUT2D eigenvalue weighted by molar-refractivity contribution is 7.89. The third kappa shape index (κ3) is 2.63. The Morgan fingerprint density at radius 3 is 2.58 bits per heavy atom. The molecule has 5 nitrogen and oxygen atoms in total. The second-order valence-corrected chi connectivity index (χ2v) is 6.16. The molecule has 102 valence electrons. The predicted molar refractivity (Wildman–Crippen MR) is 68.5 cm³/mol. The van der Waals surface area contributed by atoms with Crippen LogP contribution in [0.4, 0.5) is 10.1 Å². The van der Waals surface area contributed by atoms with E-state index in [0.717, 1.165) is 12.8 Å². The molecule has 1 fully saturated rings. The van der Waals surface area contributed by atoms with Gasteiger partial charge in [-0.3, -0.25) is 0 Å². The summed E-state index contributed by atoms with van der Waals surface area (Å²) in [6.45, 7) is 3.13. The third-order valence-electron chi connectivity index (χ3n) is 3.08. The topological polar surface area (TPSA) is 73.2 Å². The van der Waals surface area contributed by atoms with Gasteiger partial charge in [0.2, 0.25) is 0 Å². The maximum Gasteiger partial charge on any atom is 0.273 e. The van der Waals surface area contributed by atoms with Gasteiger partial charge in [0.15, 0.2) is 12.0 Å². The molecule has 1 saturated heterocycles. The quantitative estimate of drug-likeness (QED) is 0.674. The predicted octanol–water partition coefficient (Wildman–Crippen LogP) is 1.49. The fourth-order valence-electron chi connectivity index (χ4n) is 2.22. The average Bonchev–Trinajstić information content (AvgIpc) is 2.85. The van der Waals surface area contributed by atoms with Crippen molar-refractivity contribution >= 4 is 15.7 Å². The molecule has 1 aliphatic heterocycles. The van der Waals surface area contributed by atoms with Crippen molar-refractivity contribution < 1.29 is 12.8 Å². The number of hydrogen-bond acceptors (Lipinski definition) is 4. The van der Waals surface area contributed by atoms with Crippen LogP contribution in [0.1, 0.15) is 18.4 Å². The summed E-state index contributed by atoms with van der Waals surface area (Å²) in [6, 6.07) is 2.86. The molecular weight excluding hydrogens is 269 g/mol. The van der Waals surface area contributed by atoms with Crippen molar-refractivity contribution in [3.05, 3.63) is 23.5 Å². The highest BCUT2D eigenvalue weighted by atomic mass is 32.2. The Kier molecular flexibility index (Phi) is 3.62. The fraction of sp³-hybridized carbons (Fsp3) is 0.417. The van der Waals surface area contributed by atoms with Crippen molar-refractivity contribution in [1.82, 2.24) is 4.72 Å². The minimum absolute atomic E-state index is 0.288. The Hall–Kier alpha value is -1.81. The monoisotopic (exact) mass is 283 g/mol. The molecular formula is C12H14FN3O2S. The molecule has 1 N–H and O–H groups in total. The van der Waals surface area contributed by atoms with Crippen LogP contribution in [0.15, 0.2) is 17.0 Å². The van der Waals surface area contributed by atoms with Crippen LogP contribution in [0.25, 0.3) is 0 Å². The first kappa shape index (κ1) is 13.6. The van der Waals surface area contributed by atoms with E-state index in [4.69, 9.17) is 5.26 Å². The molecule has 7 heteroatoms. The summed E-state index contributed by atoms with van der Waals surface area (Å²) < 4.78 is 39.6. The molecule has 1 heterocycles. The van der Waals surface area contributed by atoms with Gasteiger partial charge in [-0.25, -0.2) is 17.5 Å². The number of benzene rings is 1. The van der Waals surface area contributed by atoms with E-state index in [9.17, 15) is 12.8 Å². The molecule has 1 aliphatic rings. The van der Waals surface area contributed by atoms with Crippen LogP contribution in [0, 0.1) is 24.2 Å². The Labute approximate surface area is 111 Å². The first-order valence-corrected chi connectivity index (χ1v) is 7.40. The Morgan fingerprint density at radius 2 is 2.00 bits per heavy atom. The lowest BCUT2D eigenvalue weighted by Crippen LogP contribution is -2.23. The Morgan fingerprint density at radius 1 is 1.37 bits per heavy atom. The van der Waals surface area contributed by atoms with Crippen LogP contribution >= 0.6 is 0 Å². The normalized spacial score (nSPS) is 15.3. The fourth-order valence-corrected chi connectivity index (χ4v) is 3.13. The van der Waals surface area contributed by atoms with Crippen LogP contribution in [-0.4, -0.2) is 21.5 Å². The van der Waals surface area contributed by atoms with Gasteiger partial charge in [-0.05, 0) is 37.5 Å². The summed E-state index contributed by atoms with van der Waals surface area (Å²) in [6.07, 6.45) is 3.25. The Bertz CT molecular complexity index is 631. The molecule has 0 radical (unpaired) electrons. The molecule has 0 aliphatic carbocycles. The van der Waals surface area contributed by atoms with E-state index in [2.05, 4.69) is 0 Å². The number of nitrogens with zero attached hydrogens (tertiary/aromatic N) is 2. The first-order valence-electron chi connectivity index (χ1n) is 5.91. The van der Waals surface area contributed by atoms with Crippen LogP contribution in [0.2, 0.25) is 0 Å². The van der Waals surface area contributed by atoms with Gasteiger partial charge in [0.1, 0.15) is 4.90 Å². The van der Waals surface area contributed by atoms with Crippen molar-refractivity contribution in [1.29, 1.82) is 5.26 Å². The standard InChI is InChI=1S/C12H14FN3O2S/c1-9-6-10(16-4-2-3-5-16)12(13)11(7-9)19(17,18)15-8-14/h6-7,15H,2-5H2,1H3. The number of sulfonamides is 1. The van der Waals surface area contributed by atoms with Crippen molar-refractivity contribution in [3.63, 3.8) is 0 Å². The largest absolute Gasteiger partial charge is 0.369 e. The summed E-state index contributed by atoms with van der Waals surface area (Å²) in [7, 11) is -4.13. The van der Waals surface area contributed by atoms with E-state index in [1.54, 1.807) is 17.7 Å². The molecule has 0 aromatic heterocycles. The molecule has 0 bridgehead atoms. The number of halogens is 1. The van der Waals surface area contributed by atoms with E-state index < -0.39 is 20.7 Å². The molecule has 1 aromatic carbocycles. The van der Waals surface area contributed by atoms with Crippen molar-refractivity contribution in [3.8, 4) is 6.19 Å². The average molecular weight is 283 g/mol. The first-order chi connectivity index (χ1) is 8.95. The number of hydrogen-bond donors (Lipinski definition) is 1. The zero-order valence-corrected chi connectivity index (χ0v) is 11.3. The number of anilines is 1. The summed E-state index contributed by atoms with van der Waals surface area (Å²) in [5, 5.41) is 8.43. The van der Waals surface area contributed by atoms with E-state index in [1.165, 1.54) is 12.3 Å². The summed E-state index contributed by atoms with van der Waals surface area (Å²) in [4.78, 5) is 1.35. The van der Waals surface area contributed by atoms with Gasteiger partial charge in [0, 0.05) is 13.1 Å². The molecule has 19 heavy (non-hydrogen) atoms. The number of rotatable bonds is 3. The molecule has 0 unspecified atom stereocenters. The van der Waals surface area contributed by atoms with E-state index in [1.807, 2.05) is 4.90 Å². The zero-order chi connectivity index (χ0) is 14.0. The van der Waals surface area contributed by atoms with Crippen molar-refractivity contribution in [2.75, 3.05) is 18.0 Å². The van der Waals surface area contributed by atoms with Gasteiger partial charge in [-0.2, -0.15) is 5.26 Å². The van der Waals surface area contributed by atoms with Crippen LogP contribution in [-0.2, 0) is 10.0 Å². The lowest BCUT2D eigenvalue weighted by Gasteiger charge is -2.20. The van der Waals surface area contributed by atoms with E-state index >= 15 is 0 Å². The van der Waals surface area contributed by atoms with E-state index in [0.29, 0.717) is 18.7 Å². The number of nitriles is 1. The van der Waals surface area contributed by atoms with Crippen LogP contribution in [0.3, 0.4) is 0 Å². The molecule has 0 saturated carbocycles. The van der Waals surface area contributed by atoms with Crippen molar-refractivity contribution in [2.45, 2.75) is 24.7 Å². The third-order valence-corrected chi connectivity index (χ3v) is 4.32. The maximum atomic E-state index is 14.4. The smallest absolute Gasteiger partial charge is 0.273 e. The van der Waals surface area contributed by atoms with Gasteiger partial charge in [0.05, 0.1) is 5.69 Å². The summed E-state index contributed by atoms with van der Waals surface area (Å²) in [5.74, 6) is -0.796. The van der Waals surface area contributed by atoms with Gasteiger partial charge in [-0.15, -0.1) is 0 Å². The molecule has 1 aromatic rings. The summed E-state index contributed by atoms with van der Waals surface area (Å²) >= 11 is 0. The molecule has 0 spiro atoms. The zero-order valence-electron chi connectivity index (χ0n) is 10.5. The highest BCUT2D eigenvalue weighted by Gasteiger charge is 2.25. The highest BCUT2D eigenvalue weighted by Crippen LogP contribution is 2.29. The van der Waals surface area contributed by atoms with Crippen molar-refractivity contribution in [2.24, 2.45) is 0 Å². The SMILES string of the molecule is Cc1cc(N2CCCC2)c(F)c(S(=O)(=O)NC#N)c1. The second kappa shape index (κ2) is 5.05. The number of nitrogens with one attached hydrogen (secondary N) is 1. The number of aryl methyl sites for hydroxylation is 1. The minimum Gasteiger partial charge on any atom is -0.369 e. The molecule has 0 atom stereocenters.